The standard InChI is InChI=1S/C22H35N3O3S/c1-25(19-7-5-8-19)22(26)21(23)17-12-10-16(11-13-17)14-28-15-18-6-3-4-9-20(18)24-29(2)27/h3-4,6,9,16-17,19,21,24H,5,7-8,10-15,23H2,1-2H3/t16?,17?,21-,29?/m0/s1. The van der Waals surface area contributed by atoms with E-state index in [2.05, 4.69) is 4.72 Å². The molecular formula is C22H35N3O3S. The van der Waals surface area contributed by atoms with Crippen LogP contribution in [0.5, 0.6) is 0 Å². The molecule has 0 heterocycles. The molecule has 2 fully saturated rings. The average molecular weight is 422 g/mol. The van der Waals surface area contributed by atoms with Gasteiger partial charge in [-0.15, -0.1) is 0 Å². The molecule has 7 heteroatoms. The predicted molar refractivity (Wildman–Crippen MR) is 118 cm³/mol. The molecule has 6 nitrogen and oxygen atoms in total. The van der Waals surface area contributed by atoms with E-state index >= 15 is 0 Å². The van der Waals surface area contributed by atoms with Gasteiger partial charge in [0.25, 0.3) is 0 Å². The van der Waals surface area contributed by atoms with Gasteiger partial charge in [-0.2, -0.15) is 0 Å². The maximum Gasteiger partial charge on any atom is 0.239 e. The highest BCUT2D eigenvalue weighted by Gasteiger charge is 2.34. The lowest BCUT2D eigenvalue weighted by molar-refractivity contribution is -0.136. The number of carbonyl (C=O) groups excluding carboxylic acids is 1. The van der Waals surface area contributed by atoms with Crippen LogP contribution in [-0.2, 0) is 27.1 Å². The van der Waals surface area contributed by atoms with Crippen molar-refractivity contribution in [2.45, 2.75) is 63.6 Å². The van der Waals surface area contributed by atoms with E-state index in [-0.39, 0.29) is 17.9 Å². The van der Waals surface area contributed by atoms with Crippen LogP contribution in [0.3, 0.4) is 0 Å². The second-order valence-corrected chi connectivity index (χ2v) is 9.68. The van der Waals surface area contributed by atoms with E-state index in [9.17, 15) is 9.00 Å². The van der Waals surface area contributed by atoms with Gasteiger partial charge in [-0.1, -0.05) is 18.2 Å². The van der Waals surface area contributed by atoms with Crippen molar-refractivity contribution in [3.05, 3.63) is 29.8 Å². The summed E-state index contributed by atoms with van der Waals surface area (Å²) < 4.78 is 20.4. The molecule has 2 saturated carbocycles. The number of hydrogen-bond donors (Lipinski definition) is 2. The Bertz CT molecular complexity index is 702. The summed E-state index contributed by atoms with van der Waals surface area (Å²) in [6.07, 6.45) is 9.17. The predicted octanol–water partition coefficient (Wildman–Crippen LogP) is 3.05. The first-order valence-electron chi connectivity index (χ1n) is 10.7. The van der Waals surface area contributed by atoms with Crippen molar-refractivity contribution in [1.29, 1.82) is 0 Å². The highest BCUT2D eigenvalue weighted by molar-refractivity contribution is 7.85. The zero-order valence-corrected chi connectivity index (χ0v) is 18.5. The minimum absolute atomic E-state index is 0.117. The lowest BCUT2D eigenvalue weighted by Crippen LogP contribution is -2.52. The fourth-order valence-corrected chi connectivity index (χ4v) is 4.85. The van der Waals surface area contributed by atoms with Crippen LogP contribution in [0, 0.1) is 11.8 Å². The summed E-state index contributed by atoms with van der Waals surface area (Å²) in [5.41, 5.74) is 8.21. The SMILES string of the molecule is CN(C(=O)[C@@H](N)C1CCC(COCc2ccccc2NS(C)=O)CC1)C1CCC1. The molecule has 0 saturated heterocycles. The van der Waals surface area contributed by atoms with Gasteiger partial charge in [-0.05, 0) is 62.8 Å². The monoisotopic (exact) mass is 421 g/mol. The number of carbonyl (C=O) groups is 1. The molecular weight excluding hydrogens is 386 g/mol. The topological polar surface area (TPSA) is 84.7 Å². The molecule has 29 heavy (non-hydrogen) atoms. The number of amides is 1. The third-order valence-electron chi connectivity index (χ3n) is 6.54. The Morgan fingerprint density at radius 1 is 1.24 bits per heavy atom. The molecule has 2 aliphatic rings. The van der Waals surface area contributed by atoms with Gasteiger partial charge in [-0.25, -0.2) is 4.21 Å². The lowest BCUT2D eigenvalue weighted by Gasteiger charge is -2.38. The summed E-state index contributed by atoms with van der Waals surface area (Å²) in [6, 6.07) is 7.84. The van der Waals surface area contributed by atoms with Crippen LogP contribution in [0.15, 0.2) is 24.3 Å². The van der Waals surface area contributed by atoms with E-state index < -0.39 is 11.0 Å². The number of ether oxygens (including phenoxy) is 1. The van der Waals surface area contributed by atoms with Crippen LogP contribution < -0.4 is 10.5 Å². The number of rotatable bonds is 9. The number of likely N-dealkylation sites (N-methyl/N-ethyl adjacent to an activating group) is 1. The minimum atomic E-state index is -1.10. The Morgan fingerprint density at radius 3 is 2.55 bits per heavy atom. The number of nitrogens with two attached hydrogens (primary N) is 1. The van der Waals surface area contributed by atoms with Crippen LogP contribution in [0.25, 0.3) is 0 Å². The summed E-state index contributed by atoms with van der Waals surface area (Å²) in [7, 11) is 0.808. The van der Waals surface area contributed by atoms with Gasteiger partial charge in [0.1, 0.15) is 11.0 Å². The van der Waals surface area contributed by atoms with E-state index in [0.717, 1.165) is 49.8 Å². The molecule has 1 amide bonds. The summed E-state index contributed by atoms with van der Waals surface area (Å²) in [6.45, 7) is 1.21. The van der Waals surface area contributed by atoms with Crippen molar-refractivity contribution in [3.63, 3.8) is 0 Å². The lowest BCUT2D eigenvalue weighted by atomic mass is 9.78. The average Bonchev–Trinajstić information content (AvgIpc) is 2.67. The van der Waals surface area contributed by atoms with E-state index in [1.165, 1.54) is 6.42 Å². The van der Waals surface area contributed by atoms with Crippen molar-refractivity contribution in [1.82, 2.24) is 4.90 Å². The maximum absolute atomic E-state index is 12.6. The van der Waals surface area contributed by atoms with E-state index in [0.29, 0.717) is 25.2 Å². The third-order valence-corrected chi connectivity index (χ3v) is 7.04. The fraction of sp³-hybridized carbons (Fsp3) is 0.682. The summed E-state index contributed by atoms with van der Waals surface area (Å²) in [5.74, 6) is 0.913. The van der Waals surface area contributed by atoms with Gasteiger partial charge in [-0.3, -0.25) is 4.79 Å². The van der Waals surface area contributed by atoms with Crippen LogP contribution in [0.4, 0.5) is 5.69 Å². The first kappa shape index (κ1) is 22.2. The Hall–Kier alpha value is -1.44. The molecule has 0 aliphatic heterocycles. The number of anilines is 1. The molecule has 0 spiro atoms. The van der Waals surface area contributed by atoms with Crippen LogP contribution >= 0.6 is 0 Å². The quantitative estimate of drug-likeness (QED) is 0.642. The Kier molecular flexibility index (Phi) is 8.09. The van der Waals surface area contributed by atoms with Gasteiger partial charge in [0.15, 0.2) is 0 Å². The van der Waals surface area contributed by atoms with Gasteiger partial charge >= 0.3 is 0 Å². The largest absolute Gasteiger partial charge is 0.376 e. The molecule has 1 aromatic carbocycles. The van der Waals surface area contributed by atoms with Gasteiger partial charge < -0.3 is 20.1 Å². The maximum atomic E-state index is 12.6. The van der Waals surface area contributed by atoms with Crippen LogP contribution in [0.1, 0.15) is 50.5 Å². The number of hydrogen-bond acceptors (Lipinski definition) is 4. The zero-order valence-electron chi connectivity index (χ0n) is 17.6. The van der Waals surface area contributed by atoms with Crippen molar-refractivity contribution in [3.8, 4) is 0 Å². The van der Waals surface area contributed by atoms with Crippen LogP contribution in [-0.4, -0.2) is 47.0 Å². The van der Waals surface area contributed by atoms with Crippen molar-refractivity contribution in [2.24, 2.45) is 17.6 Å². The normalized spacial score (nSPS) is 24.4. The summed E-state index contributed by atoms with van der Waals surface area (Å²) in [4.78, 5) is 14.5. The smallest absolute Gasteiger partial charge is 0.239 e. The van der Waals surface area contributed by atoms with Crippen molar-refractivity contribution in [2.75, 3.05) is 24.6 Å². The van der Waals surface area contributed by atoms with Gasteiger partial charge in [0.05, 0.1) is 18.3 Å². The molecule has 0 radical (unpaired) electrons. The first-order valence-corrected chi connectivity index (χ1v) is 12.3. The zero-order chi connectivity index (χ0) is 20.8. The minimum Gasteiger partial charge on any atom is -0.376 e. The number of nitrogens with one attached hydrogen (secondary N) is 1. The molecule has 2 aliphatic carbocycles. The Labute approximate surface area is 177 Å². The Balaban J connectivity index is 1.40. The highest BCUT2D eigenvalue weighted by atomic mass is 32.2. The summed E-state index contributed by atoms with van der Waals surface area (Å²) in [5, 5.41) is 0. The number of benzene rings is 1. The highest BCUT2D eigenvalue weighted by Crippen LogP contribution is 2.32. The van der Waals surface area contributed by atoms with Crippen LogP contribution in [0.2, 0.25) is 0 Å². The van der Waals surface area contributed by atoms with Crippen molar-refractivity contribution < 1.29 is 13.7 Å². The second kappa shape index (κ2) is 10.5. The second-order valence-electron chi connectivity index (χ2n) is 8.57. The van der Waals surface area contributed by atoms with Gasteiger partial charge in [0, 0.05) is 31.5 Å². The first-order chi connectivity index (χ1) is 14.0. The molecule has 1 aromatic rings. The number of nitrogens with zero attached hydrogens (tertiary/aromatic N) is 1. The molecule has 1 unspecified atom stereocenters. The molecule has 3 rings (SSSR count). The molecule has 0 bridgehead atoms. The van der Waals surface area contributed by atoms with Crippen molar-refractivity contribution >= 4 is 22.6 Å². The van der Waals surface area contributed by atoms with E-state index in [1.54, 1.807) is 6.26 Å². The van der Waals surface area contributed by atoms with E-state index in [1.807, 2.05) is 36.2 Å². The third kappa shape index (κ3) is 6.03. The molecule has 2 atom stereocenters. The molecule has 0 aromatic heterocycles. The number of para-hydroxylation sites is 1. The fourth-order valence-electron chi connectivity index (χ4n) is 4.34. The molecule has 162 valence electrons. The Morgan fingerprint density at radius 2 is 1.93 bits per heavy atom. The van der Waals surface area contributed by atoms with E-state index in [4.69, 9.17) is 10.5 Å². The summed E-state index contributed by atoms with van der Waals surface area (Å²) >= 11 is 0. The molecule has 3 N–H and O–H groups in total. The van der Waals surface area contributed by atoms with Gasteiger partial charge in [0.2, 0.25) is 5.91 Å².